The summed E-state index contributed by atoms with van der Waals surface area (Å²) in [6.45, 7) is 26.0. The topological polar surface area (TPSA) is 33.5 Å². The molecule has 5 heteroatoms. The average Bonchev–Trinajstić information content (AvgIpc) is 3.87. The largest absolute Gasteiger partial charge is 0.457 e. The van der Waals surface area contributed by atoms with Gasteiger partial charge in [0.25, 0.3) is 0 Å². The van der Waals surface area contributed by atoms with Crippen molar-refractivity contribution >= 4 is 44.6 Å². The molecule has 0 bridgehead atoms. The predicted molar refractivity (Wildman–Crippen MR) is 287 cm³/mol. The van der Waals surface area contributed by atoms with Gasteiger partial charge in [-0.3, -0.25) is 4.57 Å². The van der Waals surface area contributed by atoms with E-state index in [-0.39, 0.29) is 21.7 Å². The number of aromatic nitrogens is 2. The lowest BCUT2D eigenvalue weighted by molar-refractivity contribution is 0.479. The third-order valence-electron chi connectivity index (χ3n) is 14.0. The number of anilines is 4. The van der Waals surface area contributed by atoms with Crippen LogP contribution in [0.25, 0.3) is 38.8 Å². The van der Waals surface area contributed by atoms with Crippen molar-refractivity contribution in [3.8, 4) is 28.4 Å². The molecule has 68 heavy (non-hydrogen) atoms. The Morgan fingerprint density at radius 3 is 1.72 bits per heavy atom. The SMILES string of the molecule is CC(C)(C)c1cc(Oc2ccc3c4ccccc4n(-c4cc(C(C)(C)c5ccccc5)ccn4)c3c2)cc(N2CN(c3cc(C(C)(C)C)cc(C(C)(C)C)c3)c3c(-c4ccccc4)cccc32)c1. The molecule has 7 aromatic carbocycles. The Hall–Kier alpha value is -7.11. The Bertz CT molecular complexity index is 3290. The summed E-state index contributed by atoms with van der Waals surface area (Å²) in [5.74, 6) is 2.44. The number of hydrogen-bond acceptors (Lipinski definition) is 4. The molecule has 5 nitrogen and oxygen atoms in total. The zero-order chi connectivity index (χ0) is 47.8. The Labute approximate surface area is 403 Å². The lowest BCUT2D eigenvalue weighted by Crippen LogP contribution is -2.26. The van der Waals surface area contributed by atoms with Gasteiger partial charge in [0.2, 0.25) is 0 Å². The van der Waals surface area contributed by atoms with Crippen LogP contribution in [-0.4, -0.2) is 16.2 Å². The summed E-state index contributed by atoms with van der Waals surface area (Å²) in [7, 11) is 0. The molecular formula is C63H64N4O. The maximum atomic E-state index is 7.07. The fraction of sp³-hybridized carbons (Fsp3) is 0.254. The second kappa shape index (κ2) is 16.6. The summed E-state index contributed by atoms with van der Waals surface area (Å²) >= 11 is 0. The van der Waals surface area contributed by atoms with Crippen LogP contribution in [-0.2, 0) is 21.7 Å². The van der Waals surface area contributed by atoms with Crippen LogP contribution in [0.5, 0.6) is 11.5 Å². The van der Waals surface area contributed by atoms with Crippen LogP contribution in [0.15, 0.2) is 176 Å². The number of rotatable bonds is 8. The highest BCUT2D eigenvalue weighted by Gasteiger charge is 2.34. The van der Waals surface area contributed by atoms with Crippen LogP contribution in [0.2, 0.25) is 0 Å². The molecule has 0 saturated carbocycles. The number of nitrogens with zero attached hydrogens (tertiary/aromatic N) is 4. The molecule has 9 aromatic rings. The Balaban J connectivity index is 1.09. The van der Waals surface area contributed by atoms with E-state index in [1.807, 2.05) is 6.20 Å². The standard InChI is InChI=1S/C63H64N4O/c1-60(2,3)45-33-46(61(4,5)6)35-48(34-45)66-41-65(56-28-20-26-52(59(56)66)42-21-14-12-15-22-42)49-36-47(62(7,8)9)37-51(39-49)68-50-29-30-54-53-25-18-19-27-55(53)67(57(54)40-50)58-38-44(31-32-64-58)63(10,11)43-23-16-13-17-24-43/h12-40H,41H2,1-11H3. The van der Waals surface area contributed by atoms with Crippen molar-refractivity contribution in [1.29, 1.82) is 0 Å². The van der Waals surface area contributed by atoms with Gasteiger partial charge in [-0.15, -0.1) is 0 Å². The minimum absolute atomic E-state index is 0.0261. The van der Waals surface area contributed by atoms with E-state index >= 15 is 0 Å². The number of pyridine rings is 1. The van der Waals surface area contributed by atoms with Gasteiger partial charge in [-0.05, 0) is 110 Å². The molecule has 0 saturated heterocycles. The number of hydrogen-bond donors (Lipinski definition) is 0. The van der Waals surface area contributed by atoms with Crippen molar-refractivity contribution in [3.05, 3.63) is 204 Å². The highest BCUT2D eigenvalue weighted by Crippen LogP contribution is 2.51. The first-order chi connectivity index (χ1) is 32.3. The smallest absolute Gasteiger partial charge is 0.137 e. The maximum Gasteiger partial charge on any atom is 0.137 e. The van der Waals surface area contributed by atoms with E-state index < -0.39 is 0 Å². The molecule has 0 atom stereocenters. The van der Waals surface area contributed by atoms with Gasteiger partial charge in [0, 0.05) is 51.5 Å². The Morgan fingerprint density at radius 1 is 0.441 bits per heavy atom. The van der Waals surface area contributed by atoms with E-state index in [9.17, 15) is 0 Å². The molecule has 342 valence electrons. The molecule has 0 amide bonds. The zero-order valence-corrected chi connectivity index (χ0v) is 41.6. The van der Waals surface area contributed by atoms with Crippen LogP contribution >= 0.6 is 0 Å². The molecule has 1 aliphatic heterocycles. The summed E-state index contributed by atoms with van der Waals surface area (Å²) in [6, 6.07) is 61.8. The molecule has 0 radical (unpaired) electrons. The van der Waals surface area contributed by atoms with Crippen LogP contribution < -0.4 is 14.5 Å². The van der Waals surface area contributed by atoms with E-state index in [0.29, 0.717) is 6.67 Å². The van der Waals surface area contributed by atoms with E-state index in [2.05, 4.69) is 260 Å². The normalized spacial score (nSPS) is 13.4. The van der Waals surface area contributed by atoms with Gasteiger partial charge in [-0.2, -0.15) is 0 Å². The first kappa shape index (κ1) is 44.7. The summed E-state index contributed by atoms with van der Waals surface area (Å²) in [5.41, 5.74) is 15.1. The summed E-state index contributed by atoms with van der Waals surface area (Å²) < 4.78 is 9.36. The van der Waals surface area contributed by atoms with Gasteiger partial charge in [-0.1, -0.05) is 173 Å². The summed E-state index contributed by atoms with van der Waals surface area (Å²) in [5, 5.41) is 2.33. The van der Waals surface area contributed by atoms with Crippen molar-refractivity contribution in [3.63, 3.8) is 0 Å². The minimum Gasteiger partial charge on any atom is -0.457 e. The fourth-order valence-electron chi connectivity index (χ4n) is 9.82. The molecule has 0 aliphatic carbocycles. The van der Waals surface area contributed by atoms with Gasteiger partial charge in [0.05, 0.1) is 22.4 Å². The van der Waals surface area contributed by atoms with Crippen LogP contribution in [0.4, 0.5) is 22.7 Å². The number of fused-ring (bicyclic) bond motifs is 4. The van der Waals surface area contributed by atoms with E-state index in [0.717, 1.165) is 45.1 Å². The molecule has 10 rings (SSSR count). The quantitative estimate of drug-likeness (QED) is 0.152. The second-order valence-electron chi connectivity index (χ2n) is 22.3. The molecular weight excluding hydrogens is 829 g/mol. The highest BCUT2D eigenvalue weighted by atomic mass is 16.5. The molecule has 2 aromatic heterocycles. The molecule has 0 unspecified atom stereocenters. The molecule has 0 spiro atoms. The second-order valence-corrected chi connectivity index (χ2v) is 22.3. The van der Waals surface area contributed by atoms with Crippen LogP contribution in [0.1, 0.15) is 104 Å². The Kier molecular flexibility index (Phi) is 10.9. The number of benzene rings is 7. The first-order valence-corrected chi connectivity index (χ1v) is 24.1. The van der Waals surface area contributed by atoms with Gasteiger partial charge in [-0.25, -0.2) is 4.98 Å². The lowest BCUT2D eigenvalue weighted by Gasteiger charge is -2.30. The van der Waals surface area contributed by atoms with Crippen LogP contribution in [0, 0.1) is 0 Å². The van der Waals surface area contributed by atoms with E-state index in [4.69, 9.17) is 9.72 Å². The summed E-state index contributed by atoms with van der Waals surface area (Å²) in [6.07, 6.45) is 1.95. The predicted octanol–water partition coefficient (Wildman–Crippen LogP) is 17.1. The van der Waals surface area contributed by atoms with Gasteiger partial charge >= 0.3 is 0 Å². The minimum atomic E-state index is -0.219. The van der Waals surface area contributed by atoms with Crippen molar-refractivity contribution in [2.24, 2.45) is 0 Å². The number of para-hydroxylation sites is 2. The molecule has 1 aliphatic rings. The van der Waals surface area contributed by atoms with Crippen molar-refractivity contribution in [1.82, 2.24) is 9.55 Å². The fourth-order valence-corrected chi connectivity index (χ4v) is 9.82. The first-order valence-electron chi connectivity index (χ1n) is 24.1. The van der Waals surface area contributed by atoms with Crippen molar-refractivity contribution < 1.29 is 4.74 Å². The lowest BCUT2D eigenvalue weighted by atomic mass is 9.78. The van der Waals surface area contributed by atoms with E-state index in [1.165, 1.54) is 55.7 Å². The maximum absolute atomic E-state index is 7.07. The Morgan fingerprint density at radius 2 is 1.04 bits per heavy atom. The molecule has 3 heterocycles. The van der Waals surface area contributed by atoms with E-state index in [1.54, 1.807) is 0 Å². The number of ether oxygens (including phenoxy) is 1. The third-order valence-corrected chi connectivity index (χ3v) is 14.0. The third kappa shape index (κ3) is 8.23. The average molecular weight is 893 g/mol. The molecule has 0 N–H and O–H groups in total. The van der Waals surface area contributed by atoms with Gasteiger partial charge in [0.15, 0.2) is 0 Å². The zero-order valence-electron chi connectivity index (χ0n) is 41.6. The van der Waals surface area contributed by atoms with Crippen LogP contribution in [0.3, 0.4) is 0 Å². The summed E-state index contributed by atoms with van der Waals surface area (Å²) in [4.78, 5) is 10.0. The van der Waals surface area contributed by atoms with Gasteiger partial charge < -0.3 is 14.5 Å². The monoisotopic (exact) mass is 893 g/mol. The highest BCUT2D eigenvalue weighted by molar-refractivity contribution is 6.09. The van der Waals surface area contributed by atoms with Crippen molar-refractivity contribution in [2.75, 3.05) is 16.5 Å². The van der Waals surface area contributed by atoms with Crippen molar-refractivity contribution in [2.45, 2.75) is 97.8 Å². The molecule has 0 fully saturated rings. The van der Waals surface area contributed by atoms with Gasteiger partial charge in [0.1, 0.15) is 24.0 Å².